The van der Waals surface area contributed by atoms with Gasteiger partial charge in [0.1, 0.15) is 0 Å². The minimum Gasteiger partial charge on any atom is -0.271 e. The summed E-state index contributed by atoms with van der Waals surface area (Å²) in [6.07, 6.45) is 1.78. The summed E-state index contributed by atoms with van der Waals surface area (Å²) < 4.78 is 0. The topological polar surface area (TPSA) is 63.8 Å². The molecule has 4 heteroatoms. The molecule has 0 saturated carbocycles. The second-order valence-corrected chi connectivity index (χ2v) is 5.23. The second kappa shape index (κ2) is 5.60. The maximum Gasteiger partial charge on any atom is 0.0897 e. The Hall–Kier alpha value is -2.30. The summed E-state index contributed by atoms with van der Waals surface area (Å²) >= 11 is 0. The molecule has 0 amide bonds. The van der Waals surface area contributed by atoms with E-state index in [1.165, 1.54) is 11.1 Å². The number of hydrogen-bond donors (Lipinski definition) is 2. The van der Waals surface area contributed by atoms with Gasteiger partial charge >= 0.3 is 0 Å². The SMILES string of the molecule is Cc1ccc(C(NN)c2cnc3ccccc3n2)cc1C. The second-order valence-electron chi connectivity index (χ2n) is 5.23. The Balaban J connectivity index is 2.06. The predicted molar refractivity (Wildman–Crippen MR) is 84.6 cm³/mol. The maximum absolute atomic E-state index is 5.75. The van der Waals surface area contributed by atoms with Crippen LogP contribution in [0.15, 0.2) is 48.7 Å². The highest BCUT2D eigenvalue weighted by molar-refractivity contribution is 5.73. The van der Waals surface area contributed by atoms with Gasteiger partial charge in [-0.3, -0.25) is 10.8 Å². The molecule has 3 N–H and O–H groups in total. The van der Waals surface area contributed by atoms with E-state index in [4.69, 9.17) is 5.84 Å². The number of para-hydroxylation sites is 2. The van der Waals surface area contributed by atoms with Gasteiger partial charge < -0.3 is 0 Å². The van der Waals surface area contributed by atoms with Crippen molar-refractivity contribution < 1.29 is 0 Å². The highest BCUT2D eigenvalue weighted by Gasteiger charge is 2.15. The number of benzene rings is 2. The van der Waals surface area contributed by atoms with Crippen molar-refractivity contribution in [2.45, 2.75) is 19.9 Å². The first-order valence-corrected chi connectivity index (χ1v) is 6.94. The van der Waals surface area contributed by atoms with Crippen LogP contribution >= 0.6 is 0 Å². The lowest BCUT2D eigenvalue weighted by atomic mass is 9.99. The van der Waals surface area contributed by atoms with E-state index in [0.717, 1.165) is 22.3 Å². The quantitative estimate of drug-likeness (QED) is 0.571. The zero-order valence-electron chi connectivity index (χ0n) is 12.2. The Labute approximate surface area is 124 Å². The van der Waals surface area contributed by atoms with E-state index in [2.05, 4.69) is 47.4 Å². The van der Waals surface area contributed by atoms with Crippen LogP contribution in [0, 0.1) is 13.8 Å². The molecule has 3 aromatic rings. The number of fused-ring (bicyclic) bond motifs is 1. The molecule has 1 heterocycles. The van der Waals surface area contributed by atoms with Gasteiger partial charge in [0.2, 0.25) is 0 Å². The Morgan fingerprint density at radius 3 is 2.48 bits per heavy atom. The number of nitrogens with one attached hydrogen (secondary N) is 1. The smallest absolute Gasteiger partial charge is 0.0897 e. The van der Waals surface area contributed by atoms with Crippen LogP contribution < -0.4 is 11.3 Å². The first kappa shape index (κ1) is 13.7. The molecule has 3 rings (SSSR count). The minimum absolute atomic E-state index is 0.165. The molecule has 106 valence electrons. The third-order valence-corrected chi connectivity index (χ3v) is 3.79. The molecule has 0 fully saturated rings. The highest BCUT2D eigenvalue weighted by atomic mass is 15.2. The maximum atomic E-state index is 5.75. The van der Waals surface area contributed by atoms with E-state index in [0.29, 0.717) is 0 Å². The molecule has 0 aliphatic carbocycles. The summed E-state index contributed by atoms with van der Waals surface area (Å²) in [5.41, 5.74) is 9.01. The lowest BCUT2D eigenvalue weighted by molar-refractivity contribution is 0.620. The number of aromatic nitrogens is 2. The molecule has 4 nitrogen and oxygen atoms in total. The number of aryl methyl sites for hydroxylation is 2. The summed E-state index contributed by atoms with van der Waals surface area (Å²) in [6.45, 7) is 4.19. The Bertz CT molecular complexity index is 783. The fourth-order valence-corrected chi connectivity index (χ4v) is 2.41. The van der Waals surface area contributed by atoms with E-state index in [1.807, 2.05) is 24.3 Å². The fourth-order valence-electron chi connectivity index (χ4n) is 2.41. The molecule has 21 heavy (non-hydrogen) atoms. The average molecular weight is 278 g/mol. The van der Waals surface area contributed by atoms with E-state index in [-0.39, 0.29) is 6.04 Å². The van der Waals surface area contributed by atoms with Gasteiger partial charge in [0.25, 0.3) is 0 Å². The summed E-state index contributed by atoms with van der Waals surface area (Å²) in [5, 5.41) is 0. The van der Waals surface area contributed by atoms with Crippen LogP contribution in [0.2, 0.25) is 0 Å². The standard InChI is InChI=1S/C17H18N4/c1-11-7-8-13(9-12(11)2)17(21-18)16-10-19-14-5-3-4-6-15(14)20-16/h3-10,17,21H,18H2,1-2H3. The van der Waals surface area contributed by atoms with Gasteiger partial charge in [0.05, 0.1) is 29.0 Å². The number of hydrazine groups is 1. The van der Waals surface area contributed by atoms with Crippen LogP contribution in [-0.4, -0.2) is 9.97 Å². The van der Waals surface area contributed by atoms with E-state index < -0.39 is 0 Å². The average Bonchev–Trinajstić information content (AvgIpc) is 2.51. The predicted octanol–water partition coefficient (Wildman–Crippen LogP) is 2.80. The molecule has 0 aliphatic heterocycles. The molecule has 1 aromatic heterocycles. The lowest BCUT2D eigenvalue weighted by Crippen LogP contribution is -2.29. The third-order valence-electron chi connectivity index (χ3n) is 3.79. The molecule has 1 atom stereocenters. The normalized spacial score (nSPS) is 12.5. The van der Waals surface area contributed by atoms with Gasteiger partial charge in [-0.05, 0) is 42.7 Å². The minimum atomic E-state index is -0.165. The van der Waals surface area contributed by atoms with Crippen molar-refractivity contribution >= 4 is 11.0 Å². The van der Waals surface area contributed by atoms with E-state index >= 15 is 0 Å². The molecule has 1 unspecified atom stereocenters. The summed E-state index contributed by atoms with van der Waals surface area (Å²) in [7, 11) is 0. The lowest BCUT2D eigenvalue weighted by Gasteiger charge is -2.17. The summed E-state index contributed by atoms with van der Waals surface area (Å²) in [5.74, 6) is 5.75. The van der Waals surface area contributed by atoms with Crippen LogP contribution in [0.3, 0.4) is 0 Å². The van der Waals surface area contributed by atoms with Gasteiger partial charge in [0.15, 0.2) is 0 Å². The number of rotatable bonds is 3. The number of nitrogens with two attached hydrogens (primary N) is 1. The van der Waals surface area contributed by atoms with Crippen molar-refractivity contribution in [2.75, 3.05) is 0 Å². The summed E-state index contributed by atoms with van der Waals surface area (Å²) in [4.78, 5) is 9.13. The van der Waals surface area contributed by atoms with Crippen LogP contribution in [0.25, 0.3) is 11.0 Å². The third kappa shape index (κ3) is 2.63. The Morgan fingerprint density at radius 2 is 1.76 bits per heavy atom. The highest BCUT2D eigenvalue weighted by Crippen LogP contribution is 2.23. The van der Waals surface area contributed by atoms with Crippen molar-refractivity contribution in [1.29, 1.82) is 0 Å². The summed E-state index contributed by atoms with van der Waals surface area (Å²) in [6, 6.07) is 14.0. The van der Waals surface area contributed by atoms with Gasteiger partial charge in [-0.2, -0.15) is 0 Å². The zero-order valence-corrected chi connectivity index (χ0v) is 12.2. The molecule has 0 aliphatic rings. The monoisotopic (exact) mass is 278 g/mol. The van der Waals surface area contributed by atoms with Crippen LogP contribution in [0.5, 0.6) is 0 Å². The fraction of sp³-hybridized carbons (Fsp3) is 0.176. The number of hydrogen-bond acceptors (Lipinski definition) is 4. The zero-order chi connectivity index (χ0) is 14.8. The molecule has 0 radical (unpaired) electrons. The van der Waals surface area contributed by atoms with Crippen molar-refractivity contribution in [3.8, 4) is 0 Å². The van der Waals surface area contributed by atoms with Crippen molar-refractivity contribution in [1.82, 2.24) is 15.4 Å². The molecule has 2 aromatic carbocycles. The Morgan fingerprint density at radius 1 is 1.00 bits per heavy atom. The largest absolute Gasteiger partial charge is 0.271 e. The van der Waals surface area contributed by atoms with Gasteiger partial charge in [-0.25, -0.2) is 10.4 Å². The molecule has 0 bridgehead atoms. The number of nitrogens with zero attached hydrogens (tertiary/aromatic N) is 2. The van der Waals surface area contributed by atoms with Gasteiger partial charge in [-0.1, -0.05) is 30.3 Å². The van der Waals surface area contributed by atoms with Crippen molar-refractivity contribution in [2.24, 2.45) is 5.84 Å². The van der Waals surface area contributed by atoms with Gasteiger partial charge in [0, 0.05) is 0 Å². The molecule has 0 spiro atoms. The van der Waals surface area contributed by atoms with E-state index in [9.17, 15) is 0 Å². The molecular weight excluding hydrogens is 260 g/mol. The van der Waals surface area contributed by atoms with Crippen molar-refractivity contribution in [3.05, 3.63) is 71.0 Å². The van der Waals surface area contributed by atoms with Crippen LogP contribution in [0.4, 0.5) is 0 Å². The molecule has 0 saturated heterocycles. The van der Waals surface area contributed by atoms with Crippen LogP contribution in [-0.2, 0) is 0 Å². The van der Waals surface area contributed by atoms with Crippen LogP contribution in [0.1, 0.15) is 28.4 Å². The first-order valence-electron chi connectivity index (χ1n) is 6.94. The van der Waals surface area contributed by atoms with Crippen molar-refractivity contribution in [3.63, 3.8) is 0 Å². The first-order chi connectivity index (χ1) is 10.2. The Kier molecular flexibility index (Phi) is 3.64. The van der Waals surface area contributed by atoms with Gasteiger partial charge in [-0.15, -0.1) is 0 Å². The van der Waals surface area contributed by atoms with E-state index in [1.54, 1.807) is 6.20 Å². The molecular formula is C17H18N4.